The Morgan fingerprint density at radius 1 is 1.21 bits per heavy atom. The molecule has 2 saturated carbocycles. The number of nitrogens with zero attached hydrogens (tertiary/aromatic N) is 2. The summed E-state index contributed by atoms with van der Waals surface area (Å²) in [6.07, 6.45) is 6.43. The highest BCUT2D eigenvalue weighted by atomic mass is 16.1. The largest absolute Gasteiger partial charge is 0.325 e. The van der Waals surface area contributed by atoms with Gasteiger partial charge in [0.05, 0.1) is 11.6 Å². The molecule has 1 N–H and O–H groups in total. The molecular formula is C15H19N3O. The van der Waals surface area contributed by atoms with Gasteiger partial charge in [0, 0.05) is 24.3 Å². The predicted octanol–water partition coefficient (Wildman–Crippen LogP) is 2.09. The quantitative estimate of drug-likeness (QED) is 0.901. The molecule has 19 heavy (non-hydrogen) atoms. The van der Waals surface area contributed by atoms with Crippen LogP contribution in [0.5, 0.6) is 0 Å². The van der Waals surface area contributed by atoms with Gasteiger partial charge in [-0.15, -0.1) is 0 Å². The number of H-pyrrole nitrogens is 1. The van der Waals surface area contributed by atoms with Crippen molar-refractivity contribution in [3.05, 3.63) is 34.2 Å². The monoisotopic (exact) mass is 257 g/mol. The van der Waals surface area contributed by atoms with Gasteiger partial charge in [-0.3, -0.25) is 9.80 Å². The van der Waals surface area contributed by atoms with E-state index in [1.807, 2.05) is 12.1 Å². The van der Waals surface area contributed by atoms with Crippen LogP contribution in [-0.4, -0.2) is 28.3 Å². The third-order valence-electron chi connectivity index (χ3n) is 4.63. The van der Waals surface area contributed by atoms with E-state index in [9.17, 15) is 4.79 Å². The van der Waals surface area contributed by atoms with Gasteiger partial charge < -0.3 is 4.98 Å². The molecule has 1 aromatic rings. The lowest BCUT2D eigenvalue weighted by Gasteiger charge is -2.33. The van der Waals surface area contributed by atoms with Gasteiger partial charge in [0.15, 0.2) is 0 Å². The maximum atomic E-state index is 11.5. The Bertz CT molecular complexity index is 569. The number of aromatic nitrogens is 1. The maximum absolute atomic E-state index is 11.5. The molecule has 0 radical (unpaired) electrons. The third kappa shape index (κ3) is 1.99. The lowest BCUT2D eigenvalue weighted by molar-refractivity contribution is 0.143. The van der Waals surface area contributed by atoms with Gasteiger partial charge in [-0.05, 0) is 44.1 Å². The first kappa shape index (κ1) is 11.3. The lowest BCUT2D eigenvalue weighted by Crippen LogP contribution is -2.36. The number of nitrogens with one attached hydrogen (secondary N) is 1. The molecule has 0 spiro atoms. The van der Waals surface area contributed by atoms with Crippen molar-refractivity contribution in [1.82, 2.24) is 9.99 Å². The highest BCUT2D eigenvalue weighted by molar-refractivity contribution is 5.95. The Kier molecular flexibility index (Phi) is 2.50. The van der Waals surface area contributed by atoms with Gasteiger partial charge >= 0.3 is 0 Å². The molecule has 0 saturated heterocycles. The molecule has 4 nitrogen and oxygen atoms in total. The first-order chi connectivity index (χ1) is 9.31. The molecule has 1 unspecified atom stereocenters. The highest BCUT2D eigenvalue weighted by Crippen LogP contribution is 2.41. The normalized spacial score (nSPS) is 27.3. The van der Waals surface area contributed by atoms with Gasteiger partial charge in [0.25, 0.3) is 0 Å². The molecule has 3 aliphatic rings. The number of rotatable bonds is 3. The molecule has 0 bridgehead atoms. The summed E-state index contributed by atoms with van der Waals surface area (Å²) >= 11 is 0. The Labute approximate surface area is 112 Å². The van der Waals surface area contributed by atoms with E-state index in [1.54, 1.807) is 6.07 Å². The van der Waals surface area contributed by atoms with Gasteiger partial charge in [0.1, 0.15) is 0 Å². The summed E-state index contributed by atoms with van der Waals surface area (Å²) in [6.45, 7) is 0.955. The fraction of sp³-hybridized carbons (Fsp3) is 0.600. The zero-order chi connectivity index (χ0) is 12.8. The highest BCUT2D eigenvalue weighted by Gasteiger charge is 2.41. The molecule has 100 valence electrons. The van der Waals surface area contributed by atoms with Crippen molar-refractivity contribution in [2.24, 2.45) is 11.0 Å². The van der Waals surface area contributed by atoms with Crippen LogP contribution in [0.2, 0.25) is 0 Å². The molecule has 0 aromatic carbocycles. The van der Waals surface area contributed by atoms with Crippen LogP contribution in [-0.2, 0) is 0 Å². The van der Waals surface area contributed by atoms with Crippen molar-refractivity contribution in [3.63, 3.8) is 0 Å². The Morgan fingerprint density at radius 2 is 2.05 bits per heavy atom. The fourth-order valence-electron chi connectivity index (χ4n) is 3.13. The van der Waals surface area contributed by atoms with Crippen LogP contribution in [0.15, 0.2) is 28.1 Å². The maximum Gasteiger partial charge on any atom is 0.248 e. The Morgan fingerprint density at radius 3 is 2.68 bits per heavy atom. The van der Waals surface area contributed by atoms with Gasteiger partial charge in [0.2, 0.25) is 5.56 Å². The minimum atomic E-state index is -0.00487. The summed E-state index contributed by atoms with van der Waals surface area (Å²) in [5.74, 6) is 0.973. The second-order valence-electron chi connectivity index (χ2n) is 6.03. The van der Waals surface area contributed by atoms with E-state index < -0.39 is 0 Å². The molecule has 1 aromatic heterocycles. The molecule has 2 fully saturated rings. The van der Waals surface area contributed by atoms with Crippen LogP contribution in [0.3, 0.4) is 0 Å². The molecule has 4 heteroatoms. The average Bonchev–Trinajstić information content (AvgIpc) is 3.09. The van der Waals surface area contributed by atoms with Crippen LogP contribution in [0.25, 0.3) is 0 Å². The van der Waals surface area contributed by atoms with Crippen LogP contribution < -0.4 is 5.56 Å². The van der Waals surface area contributed by atoms with Crippen molar-refractivity contribution in [2.75, 3.05) is 6.54 Å². The van der Waals surface area contributed by atoms with Crippen LogP contribution in [0.1, 0.15) is 43.7 Å². The summed E-state index contributed by atoms with van der Waals surface area (Å²) in [7, 11) is 0. The predicted molar refractivity (Wildman–Crippen MR) is 74.3 cm³/mol. The fourth-order valence-corrected chi connectivity index (χ4v) is 3.13. The van der Waals surface area contributed by atoms with E-state index in [2.05, 4.69) is 9.99 Å². The van der Waals surface area contributed by atoms with Crippen molar-refractivity contribution >= 4 is 5.71 Å². The van der Waals surface area contributed by atoms with E-state index in [4.69, 9.17) is 5.10 Å². The van der Waals surface area contributed by atoms with Crippen LogP contribution in [0, 0.1) is 5.92 Å². The smallest absolute Gasteiger partial charge is 0.248 e. The SMILES string of the molecule is O=c1cccc(C2CN(C3CCC3)N=C2C2CC2)[nH]1. The lowest BCUT2D eigenvalue weighted by atomic mass is 9.91. The van der Waals surface area contributed by atoms with Crippen LogP contribution in [0.4, 0.5) is 0 Å². The van der Waals surface area contributed by atoms with E-state index in [1.165, 1.54) is 37.8 Å². The van der Waals surface area contributed by atoms with Gasteiger partial charge in [-0.25, -0.2) is 0 Å². The Balaban J connectivity index is 1.64. The minimum absolute atomic E-state index is 0.00487. The zero-order valence-corrected chi connectivity index (χ0v) is 11.0. The van der Waals surface area contributed by atoms with E-state index in [-0.39, 0.29) is 5.56 Å². The topological polar surface area (TPSA) is 48.5 Å². The first-order valence-electron chi connectivity index (χ1n) is 7.35. The summed E-state index contributed by atoms with van der Waals surface area (Å²) < 4.78 is 0. The minimum Gasteiger partial charge on any atom is -0.325 e. The zero-order valence-electron chi connectivity index (χ0n) is 11.0. The van der Waals surface area contributed by atoms with Crippen LogP contribution >= 0.6 is 0 Å². The molecular weight excluding hydrogens is 238 g/mol. The standard InChI is InChI=1S/C15H19N3O/c19-14-6-2-5-13(16-14)12-9-18(11-3-1-4-11)17-15(12)10-7-8-10/h2,5-6,10-12H,1,3-4,7-9H2,(H,16,19). The molecule has 1 aliphatic heterocycles. The summed E-state index contributed by atoms with van der Waals surface area (Å²) in [5, 5.41) is 7.17. The molecule has 1 atom stereocenters. The third-order valence-corrected chi connectivity index (χ3v) is 4.63. The van der Waals surface area contributed by atoms with Crippen molar-refractivity contribution < 1.29 is 0 Å². The summed E-state index contributed by atoms with van der Waals surface area (Å²) in [4.78, 5) is 14.5. The van der Waals surface area contributed by atoms with Crippen molar-refractivity contribution in [3.8, 4) is 0 Å². The molecule has 2 aliphatic carbocycles. The first-order valence-corrected chi connectivity index (χ1v) is 7.35. The summed E-state index contributed by atoms with van der Waals surface area (Å²) in [5.41, 5.74) is 2.35. The summed E-state index contributed by atoms with van der Waals surface area (Å²) in [6, 6.07) is 6.11. The van der Waals surface area contributed by atoms with E-state index >= 15 is 0 Å². The van der Waals surface area contributed by atoms with E-state index in [0.717, 1.165) is 12.2 Å². The number of hydrogen-bond acceptors (Lipinski definition) is 3. The van der Waals surface area contributed by atoms with E-state index in [0.29, 0.717) is 17.9 Å². The van der Waals surface area contributed by atoms with Crippen molar-refractivity contribution in [1.29, 1.82) is 0 Å². The molecule has 4 rings (SSSR count). The second kappa shape index (κ2) is 4.22. The van der Waals surface area contributed by atoms with Crippen molar-refractivity contribution in [2.45, 2.75) is 44.1 Å². The Hall–Kier alpha value is -1.58. The number of hydrogen-bond donors (Lipinski definition) is 1. The second-order valence-corrected chi connectivity index (χ2v) is 6.03. The number of aromatic amines is 1. The number of pyridine rings is 1. The van der Waals surface area contributed by atoms with Gasteiger partial charge in [-0.1, -0.05) is 6.07 Å². The molecule has 2 heterocycles. The average molecular weight is 257 g/mol. The number of hydrazone groups is 1. The van der Waals surface area contributed by atoms with Gasteiger partial charge in [-0.2, -0.15) is 5.10 Å². The molecule has 0 amide bonds.